The van der Waals surface area contributed by atoms with E-state index in [2.05, 4.69) is 11.9 Å². The Kier molecular flexibility index (Phi) is 3.78. The molecule has 0 spiro atoms. The van der Waals surface area contributed by atoms with E-state index in [1.807, 2.05) is 35.2 Å². The van der Waals surface area contributed by atoms with Gasteiger partial charge >= 0.3 is 0 Å². The number of carbonyl (C=O) groups excluding carboxylic acids is 1. The molecule has 21 heavy (non-hydrogen) atoms. The fourth-order valence-electron chi connectivity index (χ4n) is 3.08. The summed E-state index contributed by atoms with van der Waals surface area (Å²) in [5.74, 6) is 1.05. The van der Waals surface area contributed by atoms with Crippen molar-refractivity contribution in [1.82, 2.24) is 9.88 Å². The fraction of sp³-hybridized carbons (Fsp3) is 0.412. The lowest BCUT2D eigenvalue weighted by molar-refractivity contribution is 0.0665. The summed E-state index contributed by atoms with van der Waals surface area (Å²) in [4.78, 5) is 18.9. The topological polar surface area (TPSA) is 59.2 Å². The Morgan fingerprint density at radius 2 is 2.24 bits per heavy atom. The number of nitrogen functional groups attached to an aromatic ring is 1. The molecule has 1 unspecified atom stereocenters. The van der Waals surface area contributed by atoms with Crippen molar-refractivity contribution in [3.8, 4) is 0 Å². The van der Waals surface area contributed by atoms with Gasteiger partial charge in [-0.15, -0.1) is 0 Å². The standard InChI is InChI=1S/C17H21N3O/c1-2-12-6-5-9-20(11-12)17(21)15-10-13-7-3-4-8-14(13)16(18)19-15/h3-4,7-8,10,12H,2,5-6,9,11H2,1H3,(H2,18,19). The minimum atomic E-state index is 0.00519. The number of nitrogens with two attached hydrogens (primary N) is 1. The van der Waals surface area contributed by atoms with Crippen LogP contribution in [-0.2, 0) is 0 Å². The summed E-state index contributed by atoms with van der Waals surface area (Å²) < 4.78 is 0. The second-order valence-electron chi connectivity index (χ2n) is 5.78. The molecule has 1 saturated heterocycles. The molecule has 2 N–H and O–H groups in total. The maximum atomic E-state index is 12.7. The van der Waals surface area contributed by atoms with Crippen molar-refractivity contribution in [2.75, 3.05) is 18.8 Å². The second-order valence-corrected chi connectivity index (χ2v) is 5.78. The number of benzene rings is 1. The highest BCUT2D eigenvalue weighted by Gasteiger charge is 2.24. The van der Waals surface area contributed by atoms with Crippen LogP contribution in [0.4, 0.5) is 5.82 Å². The van der Waals surface area contributed by atoms with Gasteiger partial charge in [0.1, 0.15) is 11.5 Å². The molecule has 0 radical (unpaired) electrons. The van der Waals surface area contributed by atoms with E-state index in [0.29, 0.717) is 17.4 Å². The molecule has 1 fully saturated rings. The first-order chi connectivity index (χ1) is 10.2. The van der Waals surface area contributed by atoms with Crippen molar-refractivity contribution in [1.29, 1.82) is 0 Å². The molecule has 110 valence electrons. The van der Waals surface area contributed by atoms with E-state index in [1.165, 1.54) is 6.42 Å². The number of rotatable bonds is 2. The average Bonchev–Trinajstić information content (AvgIpc) is 2.54. The van der Waals surface area contributed by atoms with E-state index < -0.39 is 0 Å². The van der Waals surface area contributed by atoms with E-state index in [0.717, 1.165) is 36.7 Å². The number of fused-ring (bicyclic) bond motifs is 1. The van der Waals surface area contributed by atoms with Crippen molar-refractivity contribution in [2.24, 2.45) is 5.92 Å². The van der Waals surface area contributed by atoms with Crippen LogP contribution in [0.3, 0.4) is 0 Å². The third-order valence-electron chi connectivity index (χ3n) is 4.37. The monoisotopic (exact) mass is 283 g/mol. The summed E-state index contributed by atoms with van der Waals surface area (Å²) >= 11 is 0. The Labute approximate surface area is 125 Å². The fourth-order valence-corrected chi connectivity index (χ4v) is 3.08. The average molecular weight is 283 g/mol. The van der Waals surface area contributed by atoms with Gasteiger partial charge in [0.2, 0.25) is 0 Å². The van der Waals surface area contributed by atoms with Crippen molar-refractivity contribution in [3.05, 3.63) is 36.0 Å². The number of nitrogens with zero attached hydrogens (tertiary/aromatic N) is 2. The highest BCUT2D eigenvalue weighted by molar-refractivity contribution is 5.99. The number of aromatic nitrogens is 1. The molecule has 0 bridgehead atoms. The van der Waals surface area contributed by atoms with Crippen molar-refractivity contribution < 1.29 is 4.79 Å². The molecule has 1 aromatic carbocycles. The molecular formula is C17H21N3O. The minimum absolute atomic E-state index is 0.00519. The minimum Gasteiger partial charge on any atom is -0.383 e. The van der Waals surface area contributed by atoms with Crippen LogP contribution in [0.25, 0.3) is 10.8 Å². The molecule has 1 aromatic heterocycles. The lowest BCUT2D eigenvalue weighted by atomic mass is 9.95. The predicted molar refractivity (Wildman–Crippen MR) is 85.1 cm³/mol. The van der Waals surface area contributed by atoms with Crippen LogP contribution < -0.4 is 5.73 Å². The van der Waals surface area contributed by atoms with Gasteiger partial charge in [-0.3, -0.25) is 4.79 Å². The van der Waals surface area contributed by atoms with Gasteiger partial charge in [0.15, 0.2) is 0 Å². The summed E-state index contributed by atoms with van der Waals surface area (Å²) in [5.41, 5.74) is 6.46. The van der Waals surface area contributed by atoms with Crippen LogP contribution >= 0.6 is 0 Å². The van der Waals surface area contributed by atoms with Gasteiger partial charge in [0.05, 0.1) is 0 Å². The number of hydrogen-bond donors (Lipinski definition) is 1. The Hall–Kier alpha value is -2.10. The van der Waals surface area contributed by atoms with Gasteiger partial charge in [0.25, 0.3) is 5.91 Å². The number of piperidine rings is 1. The smallest absolute Gasteiger partial charge is 0.272 e. The normalized spacial score (nSPS) is 18.9. The van der Waals surface area contributed by atoms with E-state index in [4.69, 9.17) is 5.73 Å². The zero-order valence-corrected chi connectivity index (χ0v) is 12.4. The largest absolute Gasteiger partial charge is 0.383 e. The second kappa shape index (κ2) is 5.72. The highest BCUT2D eigenvalue weighted by atomic mass is 16.2. The highest BCUT2D eigenvalue weighted by Crippen LogP contribution is 2.23. The van der Waals surface area contributed by atoms with Crippen LogP contribution in [0.1, 0.15) is 36.7 Å². The number of hydrogen-bond acceptors (Lipinski definition) is 3. The summed E-state index contributed by atoms with van der Waals surface area (Å²) in [6, 6.07) is 9.63. The van der Waals surface area contributed by atoms with Crippen LogP contribution in [-0.4, -0.2) is 28.9 Å². The molecule has 4 nitrogen and oxygen atoms in total. The number of carbonyl (C=O) groups is 1. The molecule has 1 aliphatic rings. The third-order valence-corrected chi connectivity index (χ3v) is 4.37. The van der Waals surface area contributed by atoms with Gasteiger partial charge in [0, 0.05) is 18.5 Å². The number of likely N-dealkylation sites (tertiary alicyclic amines) is 1. The van der Waals surface area contributed by atoms with Gasteiger partial charge < -0.3 is 10.6 Å². The molecule has 1 amide bonds. The lowest BCUT2D eigenvalue weighted by Crippen LogP contribution is -2.40. The lowest BCUT2D eigenvalue weighted by Gasteiger charge is -2.32. The van der Waals surface area contributed by atoms with Crippen molar-refractivity contribution in [3.63, 3.8) is 0 Å². The molecule has 0 aliphatic carbocycles. The molecule has 1 atom stereocenters. The van der Waals surface area contributed by atoms with Gasteiger partial charge in [-0.2, -0.15) is 0 Å². The maximum Gasteiger partial charge on any atom is 0.272 e. The first kappa shape index (κ1) is 13.9. The first-order valence-corrected chi connectivity index (χ1v) is 7.63. The third kappa shape index (κ3) is 2.71. The van der Waals surface area contributed by atoms with Gasteiger partial charge in [-0.1, -0.05) is 37.6 Å². The molecule has 4 heteroatoms. The van der Waals surface area contributed by atoms with Crippen LogP contribution in [0.5, 0.6) is 0 Å². The number of amides is 1. The Morgan fingerprint density at radius 3 is 3.05 bits per heavy atom. The Balaban J connectivity index is 1.91. The summed E-state index contributed by atoms with van der Waals surface area (Å²) in [5, 5.41) is 1.87. The van der Waals surface area contributed by atoms with Gasteiger partial charge in [-0.25, -0.2) is 4.98 Å². The zero-order chi connectivity index (χ0) is 14.8. The molecule has 1 aliphatic heterocycles. The van der Waals surface area contributed by atoms with E-state index in [-0.39, 0.29) is 5.91 Å². The molecule has 2 aromatic rings. The summed E-state index contributed by atoms with van der Waals surface area (Å²) in [7, 11) is 0. The SMILES string of the molecule is CCC1CCCN(C(=O)c2cc3ccccc3c(N)n2)C1. The first-order valence-electron chi connectivity index (χ1n) is 7.63. The maximum absolute atomic E-state index is 12.7. The van der Waals surface area contributed by atoms with Gasteiger partial charge in [-0.05, 0) is 30.2 Å². The van der Waals surface area contributed by atoms with Crippen LogP contribution in [0, 0.1) is 5.92 Å². The molecule has 0 saturated carbocycles. The van der Waals surface area contributed by atoms with Crippen LogP contribution in [0.15, 0.2) is 30.3 Å². The molecule has 2 heterocycles. The van der Waals surface area contributed by atoms with E-state index in [1.54, 1.807) is 0 Å². The van der Waals surface area contributed by atoms with Crippen molar-refractivity contribution in [2.45, 2.75) is 26.2 Å². The molecule has 3 rings (SSSR count). The van der Waals surface area contributed by atoms with E-state index >= 15 is 0 Å². The zero-order valence-electron chi connectivity index (χ0n) is 12.4. The summed E-state index contributed by atoms with van der Waals surface area (Å²) in [6.45, 7) is 3.85. The predicted octanol–water partition coefficient (Wildman–Crippen LogP) is 3.08. The van der Waals surface area contributed by atoms with Crippen molar-refractivity contribution >= 4 is 22.5 Å². The summed E-state index contributed by atoms with van der Waals surface area (Å²) in [6.07, 6.45) is 3.41. The van der Waals surface area contributed by atoms with Crippen LogP contribution in [0.2, 0.25) is 0 Å². The van der Waals surface area contributed by atoms with E-state index in [9.17, 15) is 4.79 Å². The number of anilines is 1. The molecular weight excluding hydrogens is 262 g/mol. The number of pyridine rings is 1. The quantitative estimate of drug-likeness (QED) is 0.921. The Bertz CT molecular complexity index is 668. The Morgan fingerprint density at radius 1 is 1.43 bits per heavy atom.